The number of hydrogen-bond donors (Lipinski definition) is 0. The molecule has 0 spiro atoms. The van der Waals surface area contributed by atoms with Gasteiger partial charge in [-0.3, -0.25) is 0 Å². The Morgan fingerprint density at radius 3 is 2.19 bits per heavy atom. The standard InChI is InChI=1S/C32H20N2O2/c1-2-4-24-23(3-1)27-13-19(21-7-11-29-31(15-21)35-17-33-29)5-9-25(27)26-10-6-20(14-28(24)26)22-8-12-30-32(16-22)36-18-34-30/h1-18,29,31H. The van der Waals surface area contributed by atoms with Gasteiger partial charge in [-0.2, -0.15) is 0 Å². The fourth-order valence-corrected chi connectivity index (χ4v) is 5.62. The molecule has 2 aliphatic rings. The number of hydrogen-bond acceptors (Lipinski definition) is 4. The molecular weight excluding hydrogens is 444 g/mol. The minimum atomic E-state index is -0.0105. The van der Waals surface area contributed by atoms with Crippen LogP contribution in [0, 0.1) is 0 Å². The second-order valence-corrected chi connectivity index (χ2v) is 9.43. The van der Waals surface area contributed by atoms with Gasteiger partial charge in [-0.05, 0) is 84.9 Å². The van der Waals surface area contributed by atoms with Crippen molar-refractivity contribution in [2.75, 3.05) is 0 Å². The third-order valence-corrected chi connectivity index (χ3v) is 7.44. The second-order valence-electron chi connectivity index (χ2n) is 9.43. The highest BCUT2D eigenvalue weighted by molar-refractivity contribution is 6.26. The Morgan fingerprint density at radius 1 is 0.667 bits per heavy atom. The van der Waals surface area contributed by atoms with E-state index in [0.717, 1.165) is 22.2 Å². The lowest BCUT2D eigenvalue weighted by molar-refractivity contribution is 0.265. The predicted octanol–water partition coefficient (Wildman–Crippen LogP) is 7.70. The smallest absolute Gasteiger partial charge is 0.181 e. The number of fused-ring (bicyclic) bond motifs is 8. The van der Waals surface area contributed by atoms with E-state index in [1.807, 2.05) is 6.07 Å². The van der Waals surface area contributed by atoms with Crippen molar-refractivity contribution in [1.82, 2.24) is 4.98 Å². The van der Waals surface area contributed by atoms with Crippen molar-refractivity contribution in [3.05, 3.63) is 109 Å². The summed E-state index contributed by atoms with van der Waals surface area (Å²) in [5.74, 6) is 0. The highest BCUT2D eigenvalue weighted by Crippen LogP contribution is 2.39. The van der Waals surface area contributed by atoms with E-state index in [1.54, 1.807) is 6.40 Å². The predicted molar refractivity (Wildman–Crippen MR) is 146 cm³/mol. The van der Waals surface area contributed by atoms with E-state index < -0.39 is 0 Å². The molecule has 0 amide bonds. The average Bonchev–Trinajstić information content (AvgIpc) is 3.61. The van der Waals surface area contributed by atoms with Crippen LogP contribution in [-0.4, -0.2) is 23.5 Å². The van der Waals surface area contributed by atoms with Crippen molar-refractivity contribution < 1.29 is 9.15 Å². The van der Waals surface area contributed by atoms with Crippen molar-refractivity contribution in [3.63, 3.8) is 0 Å². The normalized spacial score (nSPS) is 18.7. The van der Waals surface area contributed by atoms with Gasteiger partial charge in [-0.25, -0.2) is 9.98 Å². The maximum Gasteiger partial charge on any atom is 0.181 e. The number of aromatic nitrogens is 1. The SMILES string of the molecule is C1=CC2N=COC2C=C1c1ccc2c3ccc(-c4ccc5ncoc5c4)cc3c3ccccc3c2c1. The zero-order chi connectivity index (χ0) is 23.6. The maximum atomic E-state index is 5.66. The molecule has 2 atom stereocenters. The molecule has 0 bridgehead atoms. The molecule has 8 rings (SSSR count). The summed E-state index contributed by atoms with van der Waals surface area (Å²) < 4.78 is 11.2. The van der Waals surface area contributed by atoms with Gasteiger partial charge in [-0.1, -0.05) is 66.7 Å². The van der Waals surface area contributed by atoms with Crippen molar-refractivity contribution in [3.8, 4) is 11.1 Å². The highest BCUT2D eigenvalue weighted by Gasteiger charge is 2.25. The summed E-state index contributed by atoms with van der Waals surface area (Å²) >= 11 is 0. The van der Waals surface area contributed by atoms with E-state index in [0.29, 0.717) is 0 Å². The van der Waals surface area contributed by atoms with Gasteiger partial charge < -0.3 is 9.15 Å². The van der Waals surface area contributed by atoms with Crippen LogP contribution >= 0.6 is 0 Å². The summed E-state index contributed by atoms with van der Waals surface area (Å²) in [5.41, 5.74) is 6.31. The molecule has 0 N–H and O–H groups in total. The topological polar surface area (TPSA) is 47.6 Å². The molecule has 170 valence electrons. The van der Waals surface area contributed by atoms with Crippen molar-refractivity contribution in [1.29, 1.82) is 0 Å². The maximum absolute atomic E-state index is 5.66. The number of allylic oxidation sites excluding steroid dienone is 2. The van der Waals surface area contributed by atoms with Gasteiger partial charge in [0.15, 0.2) is 18.4 Å². The lowest BCUT2D eigenvalue weighted by Gasteiger charge is -2.18. The lowest BCUT2D eigenvalue weighted by atomic mass is 9.89. The Morgan fingerprint density at radius 2 is 1.36 bits per heavy atom. The molecule has 2 heterocycles. The van der Waals surface area contributed by atoms with Crippen molar-refractivity contribution in [2.24, 2.45) is 4.99 Å². The van der Waals surface area contributed by atoms with Gasteiger partial charge >= 0.3 is 0 Å². The van der Waals surface area contributed by atoms with E-state index in [4.69, 9.17) is 9.15 Å². The monoisotopic (exact) mass is 464 g/mol. The quantitative estimate of drug-likeness (QED) is 0.247. The van der Waals surface area contributed by atoms with Crippen molar-refractivity contribution in [2.45, 2.75) is 12.1 Å². The van der Waals surface area contributed by atoms with E-state index in [1.165, 1.54) is 49.8 Å². The summed E-state index contributed by atoms with van der Waals surface area (Å²) in [6, 6.07) is 28.5. The number of benzene rings is 5. The molecule has 4 nitrogen and oxygen atoms in total. The third-order valence-electron chi connectivity index (χ3n) is 7.44. The molecular formula is C32H20N2O2. The van der Waals surface area contributed by atoms with Gasteiger partial charge in [-0.15, -0.1) is 0 Å². The van der Waals surface area contributed by atoms with Crippen LogP contribution in [0.3, 0.4) is 0 Å². The number of nitrogens with zero attached hydrogens (tertiary/aromatic N) is 2. The van der Waals surface area contributed by atoms with E-state index in [9.17, 15) is 0 Å². The van der Waals surface area contributed by atoms with Crippen molar-refractivity contribution >= 4 is 55.4 Å². The Bertz CT molecular complexity index is 1920. The van der Waals surface area contributed by atoms with Crippen LogP contribution in [0.2, 0.25) is 0 Å². The van der Waals surface area contributed by atoms with Crippen LogP contribution in [0.15, 0.2) is 113 Å². The van der Waals surface area contributed by atoms with Crippen LogP contribution in [-0.2, 0) is 4.74 Å². The molecule has 4 heteroatoms. The summed E-state index contributed by atoms with van der Waals surface area (Å²) in [6.45, 7) is 0. The van der Waals surface area contributed by atoms with Crippen LogP contribution < -0.4 is 0 Å². The van der Waals surface area contributed by atoms with Crippen LogP contribution in [0.25, 0.3) is 60.1 Å². The minimum absolute atomic E-state index is 0.0105. The summed E-state index contributed by atoms with van der Waals surface area (Å²) in [6.07, 6.45) is 9.52. The molecule has 0 radical (unpaired) electrons. The molecule has 0 fully saturated rings. The molecule has 0 saturated heterocycles. The Kier molecular flexibility index (Phi) is 4.03. The summed E-state index contributed by atoms with van der Waals surface area (Å²) in [4.78, 5) is 8.61. The van der Waals surface area contributed by atoms with Gasteiger partial charge in [0.25, 0.3) is 0 Å². The number of rotatable bonds is 2. The first-order valence-corrected chi connectivity index (χ1v) is 12.1. The zero-order valence-electron chi connectivity index (χ0n) is 19.3. The average molecular weight is 465 g/mol. The molecule has 1 aromatic heterocycles. The lowest BCUT2D eigenvalue weighted by Crippen LogP contribution is -2.19. The second kappa shape index (κ2) is 7.40. The minimum Gasteiger partial charge on any atom is -0.474 e. The van der Waals surface area contributed by atoms with Gasteiger partial charge in [0.05, 0.1) is 0 Å². The molecule has 2 unspecified atom stereocenters. The molecule has 0 saturated carbocycles. The van der Waals surface area contributed by atoms with Crippen LogP contribution in [0.5, 0.6) is 0 Å². The Hall–Kier alpha value is -4.70. The largest absolute Gasteiger partial charge is 0.474 e. The highest BCUT2D eigenvalue weighted by atomic mass is 16.5. The summed E-state index contributed by atoms with van der Waals surface area (Å²) in [7, 11) is 0. The molecule has 1 aliphatic carbocycles. The Balaban J connectivity index is 1.34. The fraction of sp³-hybridized carbons (Fsp3) is 0.0625. The molecule has 6 aromatic rings. The fourth-order valence-electron chi connectivity index (χ4n) is 5.62. The first kappa shape index (κ1) is 19.6. The Labute approximate surface area is 206 Å². The van der Waals surface area contributed by atoms with Gasteiger partial charge in [0.2, 0.25) is 0 Å². The van der Waals surface area contributed by atoms with Crippen LogP contribution in [0.4, 0.5) is 0 Å². The summed E-state index contributed by atoms with van der Waals surface area (Å²) in [5, 5.41) is 7.51. The van der Waals surface area contributed by atoms with E-state index in [2.05, 4.69) is 101 Å². The number of aliphatic imine (C=N–C) groups is 1. The number of ether oxygens (including phenoxy) is 1. The van der Waals surface area contributed by atoms with Gasteiger partial charge in [0.1, 0.15) is 17.7 Å². The van der Waals surface area contributed by atoms with Gasteiger partial charge in [0, 0.05) is 0 Å². The number of oxazole rings is 1. The first-order valence-electron chi connectivity index (χ1n) is 12.1. The third kappa shape index (κ3) is 2.88. The molecule has 36 heavy (non-hydrogen) atoms. The van der Waals surface area contributed by atoms with Crippen LogP contribution in [0.1, 0.15) is 5.56 Å². The first-order chi connectivity index (χ1) is 17.8. The van der Waals surface area contributed by atoms with E-state index in [-0.39, 0.29) is 12.1 Å². The molecule has 5 aromatic carbocycles. The zero-order valence-corrected chi connectivity index (χ0v) is 19.3. The van der Waals surface area contributed by atoms with E-state index >= 15 is 0 Å². The molecule has 1 aliphatic heterocycles.